The van der Waals surface area contributed by atoms with E-state index in [0.29, 0.717) is 23.2 Å². The minimum Gasteiger partial charge on any atom is -0.506 e. The number of morpholine rings is 1. The fourth-order valence-corrected chi connectivity index (χ4v) is 2.79. The lowest BCUT2D eigenvalue weighted by Crippen LogP contribution is -2.45. The van der Waals surface area contributed by atoms with Crippen LogP contribution in [0.25, 0.3) is 0 Å². The Balaban J connectivity index is 2.04. The van der Waals surface area contributed by atoms with Gasteiger partial charge in [0.05, 0.1) is 17.7 Å². The van der Waals surface area contributed by atoms with Crippen LogP contribution in [-0.4, -0.2) is 49.4 Å². The van der Waals surface area contributed by atoms with Gasteiger partial charge in [-0.3, -0.25) is 4.90 Å². The molecule has 1 aliphatic rings. The molecule has 1 atom stereocenters. The minimum atomic E-state index is 0.114. The zero-order valence-corrected chi connectivity index (χ0v) is 12.3. The summed E-state index contributed by atoms with van der Waals surface area (Å²) in [4.78, 5) is 2.23. The Morgan fingerprint density at radius 1 is 1.47 bits per heavy atom. The van der Waals surface area contributed by atoms with Crippen molar-refractivity contribution in [2.24, 2.45) is 0 Å². The highest BCUT2D eigenvalue weighted by Gasteiger charge is 2.21. The molecule has 1 aromatic rings. The van der Waals surface area contributed by atoms with Crippen molar-refractivity contribution in [1.82, 2.24) is 10.2 Å². The van der Waals surface area contributed by atoms with Crippen molar-refractivity contribution >= 4 is 23.2 Å². The van der Waals surface area contributed by atoms with E-state index < -0.39 is 0 Å². The number of nitrogens with zero attached hydrogens (tertiary/aromatic N) is 1. The monoisotopic (exact) mass is 304 g/mol. The molecule has 1 aliphatic heterocycles. The largest absolute Gasteiger partial charge is 0.506 e. The summed E-state index contributed by atoms with van der Waals surface area (Å²) in [6, 6.07) is 3.30. The Morgan fingerprint density at radius 3 is 3.00 bits per heavy atom. The molecule has 1 heterocycles. The van der Waals surface area contributed by atoms with Crippen molar-refractivity contribution in [2.45, 2.75) is 12.6 Å². The number of benzene rings is 1. The summed E-state index contributed by atoms with van der Waals surface area (Å²) in [5, 5.41) is 13.9. The lowest BCUT2D eigenvalue weighted by molar-refractivity contribution is -0.0293. The quantitative estimate of drug-likeness (QED) is 0.894. The van der Waals surface area contributed by atoms with Crippen molar-refractivity contribution in [3.8, 4) is 5.75 Å². The predicted molar refractivity (Wildman–Crippen MR) is 77.1 cm³/mol. The lowest BCUT2D eigenvalue weighted by atomic mass is 10.1. The third-order valence-corrected chi connectivity index (χ3v) is 3.66. The first-order valence-corrected chi connectivity index (χ1v) is 7.01. The molecule has 0 saturated carbocycles. The van der Waals surface area contributed by atoms with Crippen LogP contribution in [0.4, 0.5) is 0 Å². The van der Waals surface area contributed by atoms with E-state index in [1.807, 2.05) is 7.05 Å². The molecule has 0 aliphatic carbocycles. The molecule has 106 valence electrons. The molecule has 0 bridgehead atoms. The highest BCUT2D eigenvalue weighted by Crippen LogP contribution is 2.32. The molecule has 19 heavy (non-hydrogen) atoms. The topological polar surface area (TPSA) is 44.7 Å². The fraction of sp³-hybridized carbons (Fsp3) is 0.538. The number of phenols is 1. The maximum absolute atomic E-state index is 9.96. The number of rotatable bonds is 4. The molecule has 0 aromatic heterocycles. The van der Waals surface area contributed by atoms with Crippen LogP contribution in [0.3, 0.4) is 0 Å². The Labute approximate surface area is 123 Å². The van der Waals surface area contributed by atoms with Gasteiger partial charge in [-0.2, -0.15) is 0 Å². The SMILES string of the molecule is CNCC1CN(Cc2cc(Cl)cc(Cl)c2O)CCO1. The third kappa shape index (κ3) is 3.97. The van der Waals surface area contributed by atoms with E-state index in [2.05, 4.69) is 10.2 Å². The van der Waals surface area contributed by atoms with E-state index in [1.165, 1.54) is 0 Å². The molecule has 1 saturated heterocycles. The smallest absolute Gasteiger partial charge is 0.138 e. The summed E-state index contributed by atoms with van der Waals surface area (Å²) in [5.41, 5.74) is 0.752. The average Bonchev–Trinajstić information content (AvgIpc) is 2.36. The zero-order chi connectivity index (χ0) is 13.8. The van der Waals surface area contributed by atoms with Crippen LogP contribution >= 0.6 is 23.2 Å². The van der Waals surface area contributed by atoms with Crippen LogP contribution in [0.5, 0.6) is 5.75 Å². The molecule has 0 amide bonds. The van der Waals surface area contributed by atoms with Crippen LogP contribution in [0.1, 0.15) is 5.56 Å². The molecule has 2 rings (SSSR count). The van der Waals surface area contributed by atoms with Crippen molar-refractivity contribution in [3.63, 3.8) is 0 Å². The Kier molecular flexibility index (Phi) is 5.30. The van der Waals surface area contributed by atoms with Crippen LogP contribution in [0, 0.1) is 0 Å². The van der Waals surface area contributed by atoms with Gasteiger partial charge in [0.2, 0.25) is 0 Å². The van der Waals surface area contributed by atoms with Gasteiger partial charge >= 0.3 is 0 Å². The highest BCUT2D eigenvalue weighted by atomic mass is 35.5. The normalized spacial score (nSPS) is 20.7. The number of likely N-dealkylation sites (N-methyl/N-ethyl adjacent to an activating group) is 1. The lowest BCUT2D eigenvalue weighted by Gasteiger charge is -2.33. The van der Waals surface area contributed by atoms with E-state index in [1.54, 1.807) is 12.1 Å². The number of aromatic hydroxyl groups is 1. The van der Waals surface area contributed by atoms with Gasteiger partial charge in [0.25, 0.3) is 0 Å². The van der Waals surface area contributed by atoms with Gasteiger partial charge in [0, 0.05) is 36.8 Å². The number of nitrogens with one attached hydrogen (secondary N) is 1. The number of hydrogen-bond donors (Lipinski definition) is 2. The van der Waals surface area contributed by atoms with Crippen molar-refractivity contribution < 1.29 is 9.84 Å². The number of halogens is 2. The summed E-state index contributed by atoms with van der Waals surface area (Å²) in [7, 11) is 1.91. The molecule has 2 N–H and O–H groups in total. The van der Waals surface area contributed by atoms with Crippen molar-refractivity contribution in [1.29, 1.82) is 0 Å². The Bertz CT molecular complexity index is 441. The third-order valence-electron chi connectivity index (χ3n) is 3.16. The second-order valence-electron chi connectivity index (χ2n) is 4.68. The molecule has 1 fully saturated rings. The summed E-state index contributed by atoms with van der Waals surface area (Å²) in [6.07, 6.45) is 0.176. The number of hydrogen-bond acceptors (Lipinski definition) is 4. The standard InChI is InChI=1S/C13H18Cl2N2O2/c1-16-6-11-8-17(2-3-19-11)7-9-4-10(14)5-12(15)13(9)18/h4-5,11,16,18H,2-3,6-8H2,1H3. The fourth-order valence-electron chi connectivity index (χ4n) is 2.26. The molecular weight excluding hydrogens is 287 g/mol. The highest BCUT2D eigenvalue weighted by molar-refractivity contribution is 6.35. The van der Waals surface area contributed by atoms with Crippen LogP contribution in [0.2, 0.25) is 10.0 Å². The maximum Gasteiger partial charge on any atom is 0.138 e. The molecule has 0 spiro atoms. The van der Waals surface area contributed by atoms with Gasteiger partial charge in [0.15, 0.2) is 0 Å². The van der Waals surface area contributed by atoms with Crippen LogP contribution in [0.15, 0.2) is 12.1 Å². The van der Waals surface area contributed by atoms with E-state index >= 15 is 0 Å². The van der Waals surface area contributed by atoms with E-state index in [9.17, 15) is 5.11 Å². The molecule has 4 nitrogen and oxygen atoms in total. The zero-order valence-electron chi connectivity index (χ0n) is 10.8. The predicted octanol–water partition coefficient (Wildman–Crippen LogP) is 2.12. The van der Waals surface area contributed by atoms with Gasteiger partial charge < -0.3 is 15.2 Å². The Hall–Kier alpha value is -0.520. The molecular formula is C13H18Cl2N2O2. The van der Waals surface area contributed by atoms with E-state index in [4.69, 9.17) is 27.9 Å². The molecule has 1 aromatic carbocycles. The van der Waals surface area contributed by atoms with Gasteiger partial charge in [-0.05, 0) is 19.2 Å². The van der Waals surface area contributed by atoms with Crippen LogP contribution in [-0.2, 0) is 11.3 Å². The average molecular weight is 305 g/mol. The number of phenolic OH excluding ortho intramolecular Hbond substituents is 1. The molecule has 6 heteroatoms. The van der Waals surface area contributed by atoms with E-state index in [-0.39, 0.29) is 11.9 Å². The van der Waals surface area contributed by atoms with Crippen molar-refractivity contribution in [3.05, 3.63) is 27.7 Å². The van der Waals surface area contributed by atoms with Gasteiger partial charge in [-0.25, -0.2) is 0 Å². The van der Waals surface area contributed by atoms with Gasteiger partial charge in [-0.1, -0.05) is 23.2 Å². The molecule has 1 unspecified atom stereocenters. The van der Waals surface area contributed by atoms with Gasteiger partial charge in [-0.15, -0.1) is 0 Å². The second kappa shape index (κ2) is 6.77. The second-order valence-corrected chi connectivity index (χ2v) is 5.52. The summed E-state index contributed by atoms with van der Waals surface area (Å²) in [5.74, 6) is 0.114. The first kappa shape index (κ1) is 14.9. The Morgan fingerprint density at radius 2 is 2.26 bits per heavy atom. The summed E-state index contributed by atoms with van der Waals surface area (Å²) in [6.45, 7) is 3.80. The summed E-state index contributed by atoms with van der Waals surface area (Å²) >= 11 is 11.9. The first-order valence-electron chi connectivity index (χ1n) is 6.25. The summed E-state index contributed by atoms with van der Waals surface area (Å²) < 4.78 is 5.65. The minimum absolute atomic E-state index is 0.114. The first-order chi connectivity index (χ1) is 9.10. The maximum atomic E-state index is 9.96. The van der Waals surface area contributed by atoms with Crippen LogP contribution < -0.4 is 5.32 Å². The molecule has 0 radical (unpaired) electrons. The van der Waals surface area contributed by atoms with E-state index in [0.717, 1.165) is 25.2 Å². The van der Waals surface area contributed by atoms with Gasteiger partial charge in [0.1, 0.15) is 5.75 Å². The van der Waals surface area contributed by atoms with Crippen molar-refractivity contribution in [2.75, 3.05) is 33.3 Å². The number of ether oxygens (including phenoxy) is 1.